The molecule has 2 N–H and O–H groups in total. The predicted octanol–water partition coefficient (Wildman–Crippen LogP) is 1.94. The fraction of sp³-hybridized carbons (Fsp3) is 0.571. The summed E-state index contributed by atoms with van der Waals surface area (Å²) < 4.78 is 5.47. The third-order valence-electron chi connectivity index (χ3n) is 4.23. The van der Waals surface area contributed by atoms with Crippen molar-refractivity contribution in [3.05, 3.63) is 23.8 Å². The summed E-state index contributed by atoms with van der Waals surface area (Å²) in [6, 6.07) is 7.59. The molecular formula is C14H20N2O. The molecule has 0 amide bonds. The topological polar surface area (TPSA) is 38.5 Å². The van der Waals surface area contributed by atoms with Crippen LogP contribution in [0.5, 0.6) is 5.75 Å². The molecular weight excluding hydrogens is 212 g/mol. The number of fused-ring (bicyclic) bond motifs is 3. The van der Waals surface area contributed by atoms with E-state index in [9.17, 15) is 0 Å². The van der Waals surface area contributed by atoms with Gasteiger partial charge in [-0.1, -0.05) is 6.07 Å². The molecule has 2 atom stereocenters. The van der Waals surface area contributed by atoms with Crippen molar-refractivity contribution in [3.63, 3.8) is 0 Å². The van der Waals surface area contributed by atoms with Gasteiger partial charge in [-0.15, -0.1) is 0 Å². The molecule has 0 bridgehead atoms. The summed E-state index contributed by atoms with van der Waals surface area (Å²) in [5.74, 6) is 1.03. The van der Waals surface area contributed by atoms with E-state index in [0.717, 1.165) is 18.7 Å². The zero-order chi connectivity index (χ0) is 11.8. The van der Waals surface area contributed by atoms with Crippen LogP contribution in [0.2, 0.25) is 0 Å². The normalized spacial score (nSPS) is 26.6. The van der Waals surface area contributed by atoms with Crippen LogP contribution in [-0.4, -0.2) is 25.7 Å². The van der Waals surface area contributed by atoms with E-state index in [4.69, 9.17) is 10.5 Å². The number of benzene rings is 1. The van der Waals surface area contributed by atoms with Gasteiger partial charge in [0.25, 0.3) is 0 Å². The largest absolute Gasteiger partial charge is 0.496 e. The minimum absolute atomic E-state index is 0.520. The van der Waals surface area contributed by atoms with Crippen LogP contribution in [0.3, 0.4) is 0 Å². The van der Waals surface area contributed by atoms with E-state index in [1.807, 2.05) is 0 Å². The molecule has 2 unspecified atom stereocenters. The molecule has 2 aliphatic heterocycles. The zero-order valence-electron chi connectivity index (χ0n) is 10.4. The Kier molecular flexibility index (Phi) is 2.71. The SMILES string of the molecule is COc1cccc2c1CCC1CCC(CN)N21. The molecule has 0 radical (unpaired) electrons. The molecule has 1 aromatic rings. The summed E-state index contributed by atoms with van der Waals surface area (Å²) in [5, 5.41) is 0. The lowest BCUT2D eigenvalue weighted by Crippen LogP contribution is -2.43. The molecule has 1 saturated heterocycles. The number of methoxy groups -OCH3 is 1. The summed E-state index contributed by atoms with van der Waals surface area (Å²) in [7, 11) is 1.76. The Labute approximate surface area is 103 Å². The first-order valence-electron chi connectivity index (χ1n) is 6.49. The molecule has 3 rings (SSSR count). The predicted molar refractivity (Wildman–Crippen MR) is 69.7 cm³/mol. The third-order valence-corrected chi connectivity index (χ3v) is 4.23. The standard InChI is InChI=1S/C14H20N2O/c1-17-14-4-2-3-13-12(14)8-7-10-5-6-11(9-15)16(10)13/h2-4,10-11H,5-9,15H2,1H3. The minimum atomic E-state index is 0.520. The second-order valence-electron chi connectivity index (χ2n) is 5.02. The van der Waals surface area contributed by atoms with Crippen molar-refractivity contribution < 1.29 is 4.74 Å². The van der Waals surface area contributed by atoms with Crippen molar-refractivity contribution in [2.24, 2.45) is 5.73 Å². The highest BCUT2D eigenvalue weighted by atomic mass is 16.5. The van der Waals surface area contributed by atoms with Crippen molar-refractivity contribution >= 4 is 5.69 Å². The van der Waals surface area contributed by atoms with Gasteiger partial charge >= 0.3 is 0 Å². The van der Waals surface area contributed by atoms with Gasteiger partial charge in [-0.3, -0.25) is 0 Å². The lowest BCUT2D eigenvalue weighted by atomic mass is 9.95. The number of hydrogen-bond acceptors (Lipinski definition) is 3. The third kappa shape index (κ3) is 1.61. The van der Waals surface area contributed by atoms with E-state index in [0.29, 0.717) is 12.1 Å². The molecule has 0 aromatic heterocycles. The average molecular weight is 232 g/mol. The number of hydrogen-bond donors (Lipinski definition) is 1. The smallest absolute Gasteiger partial charge is 0.124 e. The maximum absolute atomic E-state index is 5.90. The van der Waals surface area contributed by atoms with Crippen molar-refractivity contribution in [2.75, 3.05) is 18.6 Å². The van der Waals surface area contributed by atoms with Gasteiger partial charge in [-0.05, 0) is 37.8 Å². The molecule has 1 fully saturated rings. The van der Waals surface area contributed by atoms with Gasteiger partial charge in [0.15, 0.2) is 0 Å². The highest BCUT2D eigenvalue weighted by molar-refractivity contribution is 5.63. The molecule has 1 aromatic carbocycles. The molecule has 92 valence electrons. The highest BCUT2D eigenvalue weighted by Gasteiger charge is 2.37. The van der Waals surface area contributed by atoms with Crippen molar-refractivity contribution in [2.45, 2.75) is 37.8 Å². The Morgan fingerprint density at radius 1 is 1.35 bits per heavy atom. The Morgan fingerprint density at radius 3 is 3.00 bits per heavy atom. The van der Waals surface area contributed by atoms with Crippen LogP contribution < -0.4 is 15.4 Å². The van der Waals surface area contributed by atoms with Gasteiger partial charge in [0, 0.05) is 29.9 Å². The quantitative estimate of drug-likeness (QED) is 0.847. The summed E-state index contributed by atoms with van der Waals surface area (Å²) in [6.45, 7) is 0.757. The first-order chi connectivity index (χ1) is 8.35. The van der Waals surface area contributed by atoms with Crippen LogP contribution >= 0.6 is 0 Å². The zero-order valence-corrected chi connectivity index (χ0v) is 10.4. The average Bonchev–Trinajstić information content (AvgIpc) is 2.81. The fourth-order valence-corrected chi connectivity index (χ4v) is 3.42. The van der Waals surface area contributed by atoms with Crippen LogP contribution in [0.25, 0.3) is 0 Å². The van der Waals surface area contributed by atoms with Gasteiger partial charge in [0.1, 0.15) is 5.75 Å². The summed E-state index contributed by atoms with van der Waals surface area (Å²) in [5.41, 5.74) is 8.62. The molecule has 17 heavy (non-hydrogen) atoms. The Bertz CT molecular complexity index is 419. The van der Waals surface area contributed by atoms with Crippen LogP contribution in [0, 0.1) is 0 Å². The van der Waals surface area contributed by atoms with Crippen LogP contribution in [0.15, 0.2) is 18.2 Å². The number of ether oxygens (including phenoxy) is 1. The molecule has 0 spiro atoms. The van der Waals surface area contributed by atoms with E-state index in [-0.39, 0.29) is 0 Å². The lowest BCUT2D eigenvalue weighted by molar-refractivity contribution is 0.405. The highest BCUT2D eigenvalue weighted by Crippen LogP contribution is 2.42. The van der Waals surface area contributed by atoms with Gasteiger partial charge < -0.3 is 15.4 Å². The number of rotatable bonds is 2. The van der Waals surface area contributed by atoms with Crippen molar-refractivity contribution in [1.82, 2.24) is 0 Å². The van der Waals surface area contributed by atoms with E-state index >= 15 is 0 Å². The molecule has 0 aliphatic carbocycles. The van der Waals surface area contributed by atoms with E-state index in [1.54, 1.807) is 7.11 Å². The number of nitrogens with zero attached hydrogens (tertiary/aromatic N) is 1. The minimum Gasteiger partial charge on any atom is -0.496 e. The molecule has 0 saturated carbocycles. The summed E-state index contributed by atoms with van der Waals surface area (Å²) in [6.07, 6.45) is 4.90. The maximum Gasteiger partial charge on any atom is 0.124 e. The second-order valence-corrected chi connectivity index (χ2v) is 5.02. The van der Waals surface area contributed by atoms with Crippen molar-refractivity contribution in [1.29, 1.82) is 0 Å². The Hall–Kier alpha value is -1.22. The molecule has 2 heterocycles. The first-order valence-corrected chi connectivity index (χ1v) is 6.49. The van der Waals surface area contributed by atoms with E-state index < -0.39 is 0 Å². The molecule has 3 heteroatoms. The lowest BCUT2D eigenvalue weighted by Gasteiger charge is -2.38. The van der Waals surface area contributed by atoms with Gasteiger partial charge in [0.2, 0.25) is 0 Å². The number of nitrogens with two attached hydrogens (primary N) is 1. The van der Waals surface area contributed by atoms with Gasteiger partial charge in [-0.25, -0.2) is 0 Å². The maximum atomic E-state index is 5.90. The van der Waals surface area contributed by atoms with Gasteiger partial charge in [0.05, 0.1) is 7.11 Å². The van der Waals surface area contributed by atoms with E-state index in [1.165, 1.54) is 30.5 Å². The molecule has 3 nitrogen and oxygen atoms in total. The van der Waals surface area contributed by atoms with Crippen LogP contribution in [0.1, 0.15) is 24.8 Å². The second kappa shape index (κ2) is 4.22. The Balaban J connectivity index is 2.05. The monoisotopic (exact) mass is 232 g/mol. The number of anilines is 1. The molecule has 2 aliphatic rings. The van der Waals surface area contributed by atoms with Crippen LogP contribution in [-0.2, 0) is 6.42 Å². The van der Waals surface area contributed by atoms with E-state index in [2.05, 4.69) is 23.1 Å². The fourth-order valence-electron chi connectivity index (χ4n) is 3.42. The first kappa shape index (κ1) is 10.9. The summed E-state index contributed by atoms with van der Waals surface area (Å²) in [4.78, 5) is 2.54. The van der Waals surface area contributed by atoms with Crippen molar-refractivity contribution in [3.8, 4) is 5.75 Å². The van der Waals surface area contributed by atoms with Gasteiger partial charge in [-0.2, -0.15) is 0 Å². The van der Waals surface area contributed by atoms with Crippen LogP contribution in [0.4, 0.5) is 5.69 Å². The summed E-state index contributed by atoms with van der Waals surface area (Å²) >= 11 is 0. The Morgan fingerprint density at radius 2 is 2.24 bits per heavy atom.